The zero-order chi connectivity index (χ0) is 13.2. The number of hydrogen-bond donors (Lipinski definition) is 2. The molecule has 9 heteroatoms. The Morgan fingerprint density at radius 3 is 3.05 bits per heavy atom. The van der Waals surface area contributed by atoms with E-state index in [9.17, 15) is 0 Å². The van der Waals surface area contributed by atoms with Crippen LogP contribution in [0.25, 0.3) is 10.8 Å². The average molecular weight is 294 g/mol. The van der Waals surface area contributed by atoms with Gasteiger partial charge in [-0.25, -0.2) is 5.10 Å². The molecule has 0 aliphatic heterocycles. The summed E-state index contributed by atoms with van der Waals surface area (Å²) >= 11 is 2.96. The first kappa shape index (κ1) is 12.2. The summed E-state index contributed by atoms with van der Waals surface area (Å²) < 4.78 is 5.64. The molecule has 0 saturated heterocycles. The van der Waals surface area contributed by atoms with Crippen molar-refractivity contribution in [2.45, 2.75) is 17.3 Å². The summed E-state index contributed by atoms with van der Waals surface area (Å²) in [6, 6.07) is 3.88. The van der Waals surface area contributed by atoms with Crippen LogP contribution in [-0.4, -0.2) is 25.4 Å². The molecule has 3 rings (SSSR count). The third kappa shape index (κ3) is 2.61. The Kier molecular flexibility index (Phi) is 3.22. The van der Waals surface area contributed by atoms with Crippen LogP contribution in [0.15, 0.2) is 27.1 Å². The highest BCUT2D eigenvalue weighted by molar-refractivity contribution is 7.99. The van der Waals surface area contributed by atoms with E-state index in [4.69, 9.17) is 10.2 Å². The third-order valence-electron chi connectivity index (χ3n) is 2.28. The maximum absolute atomic E-state index is 5.64. The van der Waals surface area contributed by atoms with Crippen LogP contribution in [0.5, 0.6) is 0 Å². The number of thiophene rings is 1. The largest absolute Gasteiger partial charge is 0.419 e. The first-order chi connectivity index (χ1) is 9.22. The molecule has 0 amide bonds. The Morgan fingerprint density at radius 1 is 1.47 bits per heavy atom. The lowest BCUT2D eigenvalue weighted by Gasteiger charge is -2.01. The van der Waals surface area contributed by atoms with E-state index in [-0.39, 0.29) is 5.25 Å². The van der Waals surface area contributed by atoms with Crippen molar-refractivity contribution in [3.8, 4) is 10.8 Å². The van der Waals surface area contributed by atoms with E-state index < -0.39 is 0 Å². The molecule has 19 heavy (non-hydrogen) atoms. The molecule has 7 nitrogen and oxygen atoms in total. The van der Waals surface area contributed by atoms with Crippen LogP contribution in [-0.2, 0) is 0 Å². The number of aromatic nitrogens is 5. The highest BCUT2D eigenvalue weighted by atomic mass is 32.2. The topological polar surface area (TPSA) is 107 Å². The van der Waals surface area contributed by atoms with Gasteiger partial charge in [0.2, 0.25) is 17.0 Å². The maximum atomic E-state index is 5.64. The third-order valence-corrected chi connectivity index (χ3v) is 4.09. The summed E-state index contributed by atoms with van der Waals surface area (Å²) in [5.41, 5.74) is 5.47. The van der Waals surface area contributed by atoms with E-state index in [1.807, 2.05) is 24.4 Å². The van der Waals surface area contributed by atoms with Gasteiger partial charge in [-0.3, -0.25) is 0 Å². The Balaban J connectivity index is 1.75. The molecule has 0 fully saturated rings. The summed E-state index contributed by atoms with van der Waals surface area (Å²) in [5, 5.41) is 17.1. The van der Waals surface area contributed by atoms with Crippen molar-refractivity contribution in [1.82, 2.24) is 25.4 Å². The zero-order valence-electron chi connectivity index (χ0n) is 9.90. The molecule has 0 saturated carbocycles. The van der Waals surface area contributed by atoms with Gasteiger partial charge in [0.15, 0.2) is 0 Å². The smallest absolute Gasteiger partial charge is 0.257 e. The van der Waals surface area contributed by atoms with Crippen LogP contribution in [0.4, 0.5) is 5.95 Å². The van der Waals surface area contributed by atoms with Crippen molar-refractivity contribution in [2.24, 2.45) is 0 Å². The zero-order valence-corrected chi connectivity index (χ0v) is 11.5. The molecule has 3 aromatic rings. The average Bonchev–Trinajstić information content (AvgIpc) is 3.08. The molecule has 0 bridgehead atoms. The first-order valence-electron chi connectivity index (χ1n) is 5.44. The number of hydrogen-bond acceptors (Lipinski definition) is 8. The van der Waals surface area contributed by atoms with Gasteiger partial charge in [0, 0.05) is 0 Å². The fraction of sp³-hybridized carbons (Fsp3) is 0.200. The van der Waals surface area contributed by atoms with Gasteiger partial charge in [0.25, 0.3) is 5.89 Å². The van der Waals surface area contributed by atoms with Gasteiger partial charge in [0.05, 0.1) is 10.1 Å². The molecule has 1 atom stereocenters. The van der Waals surface area contributed by atoms with E-state index >= 15 is 0 Å². The number of nitrogens with zero attached hydrogens (tertiary/aromatic N) is 4. The standard InChI is InChI=1S/C10H10N6OS2/c1-5(19-10-12-9(11)15-16-10)7-13-14-8(17-7)6-3-2-4-18-6/h2-5H,1H3,(H3,11,12,15,16)/t5-/m1/s1. The lowest BCUT2D eigenvalue weighted by atomic mass is 10.5. The second-order valence-corrected chi connectivity index (χ2v) is 5.94. The predicted octanol–water partition coefficient (Wildman–Crippen LogP) is 2.35. The molecule has 3 N–H and O–H groups in total. The molecule has 0 aliphatic carbocycles. The Bertz CT molecular complexity index is 661. The van der Waals surface area contributed by atoms with Gasteiger partial charge in [-0.1, -0.05) is 17.8 Å². The van der Waals surface area contributed by atoms with Crippen LogP contribution < -0.4 is 5.73 Å². The number of aromatic amines is 1. The van der Waals surface area contributed by atoms with Crippen molar-refractivity contribution in [2.75, 3.05) is 5.73 Å². The fourth-order valence-electron chi connectivity index (χ4n) is 1.42. The lowest BCUT2D eigenvalue weighted by molar-refractivity contribution is 0.510. The van der Waals surface area contributed by atoms with E-state index in [0.717, 1.165) is 4.88 Å². The van der Waals surface area contributed by atoms with E-state index in [0.29, 0.717) is 22.9 Å². The highest BCUT2D eigenvalue weighted by Crippen LogP contribution is 2.33. The molecule has 0 aromatic carbocycles. The van der Waals surface area contributed by atoms with Crippen LogP contribution in [0.2, 0.25) is 0 Å². The number of nitrogens with one attached hydrogen (secondary N) is 1. The summed E-state index contributed by atoms with van der Waals surface area (Å²) in [5.74, 6) is 1.36. The number of nitrogens with two attached hydrogens (primary N) is 1. The minimum atomic E-state index is -0.0450. The number of anilines is 1. The van der Waals surface area contributed by atoms with Crippen LogP contribution in [0.1, 0.15) is 18.1 Å². The van der Waals surface area contributed by atoms with Crippen molar-refractivity contribution >= 4 is 29.0 Å². The van der Waals surface area contributed by atoms with Gasteiger partial charge < -0.3 is 10.2 Å². The minimum Gasteiger partial charge on any atom is -0.419 e. The molecule has 0 aliphatic rings. The summed E-state index contributed by atoms with van der Waals surface area (Å²) in [4.78, 5) is 4.98. The van der Waals surface area contributed by atoms with E-state index in [1.54, 1.807) is 11.3 Å². The SMILES string of the molecule is C[C@@H](Sc1n[nH]c(N)n1)c1nnc(-c2cccs2)o1. The number of nitrogen functional groups attached to an aromatic ring is 1. The molecular formula is C10H10N6OS2. The van der Waals surface area contributed by atoms with Gasteiger partial charge in [-0.15, -0.1) is 26.6 Å². The summed E-state index contributed by atoms with van der Waals surface area (Å²) in [6.07, 6.45) is 0. The Hall–Kier alpha value is -1.87. The summed E-state index contributed by atoms with van der Waals surface area (Å²) in [7, 11) is 0. The molecule has 0 unspecified atom stereocenters. The van der Waals surface area contributed by atoms with Crippen molar-refractivity contribution in [1.29, 1.82) is 0 Å². The van der Waals surface area contributed by atoms with Crippen molar-refractivity contribution in [3.05, 3.63) is 23.4 Å². The Labute approximate surface area is 116 Å². The van der Waals surface area contributed by atoms with Crippen LogP contribution in [0, 0.1) is 0 Å². The molecule has 3 aromatic heterocycles. The molecule has 3 heterocycles. The number of thioether (sulfide) groups is 1. The highest BCUT2D eigenvalue weighted by Gasteiger charge is 2.18. The number of H-pyrrole nitrogens is 1. The quantitative estimate of drug-likeness (QED) is 0.711. The first-order valence-corrected chi connectivity index (χ1v) is 7.20. The second-order valence-electron chi connectivity index (χ2n) is 3.69. The molecule has 98 valence electrons. The normalized spacial score (nSPS) is 12.7. The maximum Gasteiger partial charge on any atom is 0.257 e. The molecular weight excluding hydrogens is 284 g/mol. The second kappa shape index (κ2) is 5.02. The van der Waals surface area contributed by atoms with E-state index in [2.05, 4.69) is 25.4 Å². The summed E-state index contributed by atoms with van der Waals surface area (Å²) in [6.45, 7) is 1.95. The van der Waals surface area contributed by atoms with Gasteiger partial charge in [-0.05, 0) is 18.4 Å². The molecule has 0 spiro atoms. The predicted molar refractivity (Wildman–Crippen MR) is 72.7 cm³/mol. The van der Waals surface area contributed by atoms with E-state index in [1.165, 1.54) is 11.8 Å². The van der Waals surface area contributed by atoms with Gasteiger partial charge in [-0.2, -0.15) is 4.98 Å². The fourth-order valence-corrected chi connectivity index (χ4v) is 2.82. The van der Waals surface area contributed by atoms with Gasteiger partial charge in [0.1, 0.15) is 0 Å². The minimum absolute atomic E-state index is 0.0450. The molecule has 0 radical (unpaired) electrons. The van der Waals surface area contributed by atoms with Crippen molar-refractivity contribution < 1.29 is 4.42 Å². The van der Waals surface area contributed by atoms with Gasteiger partial charge >= 0.3 is 0 Å². The van der Waals surface area contributed by atoms with Crippen LogP contribution in [0.3, 0.4) is 0 Å². The number of rotatable bonds is 4. The lowest BCUT2D eigenvalue weighted by Crippen LogP contribution is -1.90. The van der Waals surface area contributed by atoms with Crippen LogP contribution >= 0.6 is 23.1 Å². The Morgan fingerprint density at radius 2 is 2.37 bits per heavy atom. The van der Waals surface area contributed by atoms with Crippen molar-refractivity contribution in [3.63, 3.8) is 0 Å². The monoisotopic (exact) mass is 294 g/mol.